The van der Waals surface area contributed by atoms with Crippen molar-refractivity contribution in [3.63, 3.8) is 0 Å². The van der Waals surface area contributed by atoms with Gasteiger partial charge in [0.2, 0.25) is 5.36 Å². The molecular weight excluding hydrogens is 538 g/mol. The Hall–Kier alpha value is -4.82. The molecule has 0 fully saturated rings. The lowest BCUT2D eigenvalue weighted by Gasteiger charge is -2.23. The highest BCUT2D eigenvalue weighted by atomic mass is 16.3. The molecule has 0 saturated heterocycles. The van der Waals surface area contributed by atoms with Gasteiger partial charge in [0.05, 0.1) is 30.3 Å². The van der Waals surface area contributed by atoms with E-state index in [0.29, 0.717) is 17.0 Å². The van der Waals surface area contributed by atoms with E-state index in [1.54, 1.807) is 24.3 Å². The molecule has 43 heavy (non-hydrogen) atoms. The second-order valence-electron chi connectivity index (χ2n) is 10.1. The molecule has 0 bridgehead atoms. The summed E-state index contributed by atoms with van der Waals surface area (Å²) in [7, 11) is 0. The second-order valence-corrected chi connectivity index (χ2v) is 10.1. The third-order valence-corrected chi connectivity index (χ3v) is 7.70. The zero-order valence-corrected chi connectivity index (χ0v) is 25.1. The zero-order chi connectivity index (χ0) is 30.3. The van der Waals surface area contributed by atoms with Crippen LogP contribution in [0.1, 0.15) is 44.6 Å². The summed E-state index contributed by atoms with van der Waals surface area (Å²) in [5.41, 5.74) is 5.86. The zero-order valence-electron chi connectivity index (χ0n) is 25.1. The van der Waals surface area contributed by atoms with Crippen molar-refractivity contribution in [2.24, 2.45) is 10.2 Å². The number of anilines is 1. The maximum absolute atomic E-state index is 13.5. The van der Waals surface area contributed by atoms with E-state index in [1.807, 2.05) is 18.2 Å². The van der Waals surface area contributed by atoms with Crippen LogP contribution in [0.3, 0.4) is 0 Å². The van der Waals surface area contributed by atoms with Gasteiger partial charge in [-0.1, -0.05) is 30.3 Å². The highest BCUT2D eigenvalue weighted by Crippen LogP contribution is 2.42. The highest BCUT2D eigenvalue weighted by Gasteiger charge is 2.21. The number of aromatic nitrogens is 1. The van der Waals surface area contributed by atoms with Crippen molar-refractivity contribution in [3.8, 4) is 22.5 Å². The summed E-state index contributed by atoms with van der Waals surface area (Å²) in [4.78, 5) is 6.55. The van der Waals surface area contributed by atoms with Crippen molar-refractivity contribution in [3.05, 3.63) is 101 Å². The van der Waals surface area contributed by atoms with Crippen molar-refractivity contribution >= 4 is 28.8 Å². The molecule has 3 aromatic rings. The van der Waals surface area contributed by atoms with Crippen LogP contribution < -0.4 is 19.9 Å². The number of aliphatic hydroxyl groups excluding tert-OH is 1. The van der Waals surface area contributed by atoms with Crippen LogP contribution in [0.5, 0.6) is 0 Å². The van der Waals surface area contributed by atoms with Crippen LogP contribution in [0.15, 0.2) is 93.5 Å². The molecule has 0 saturated carbocycles. The maximum atomic E-state index is 13.5. The van der Waals surface area contributed by atoms with Crippen LogP contribution >= 0.6 is 0 Å². The van der Waals surface area contributed by atoms with Crippen LogP contribution in [0.4, 0.5) is 5.69 Å². The number of aliphatic hydroxyl groups is 1. The van der Waals surface area contributed by atoms with Crippen molar-refractivity contribution in [1.82, 2.24) is 9.56 Å². The van der Waals surface area contributed by atoms with E-state index in [9.17, 15) is 10.2 Å². The van der Waals surface area contributed by atoms with Crippen LogP contribution in [0, 0.1) is 0 Å². The summed E-state index contributed by atoms with van der Waals surface area (Å²) < 4.78 is 8.87. The number of rotatable bonds is 10. The van der Waals surface area contributed by atoms with Gasteiger partial charge < -0.3 is 19.5 Å². The topological polar surface area (TPSA) is 100 Å². The van der Waals surface area contributed by atoms with Crippen molar-refractivity contribution in [1.29, 1.82) is 0 Å². The van der Waals surface area contributed by atoms with Gasteiger partial charge >= 0.3 is 0 Å². The van der Waals surface area contributed by atoms with Crippen molar-refractivity contribution < 1.29 is 14.6 Å². The fourth-order valence-corrected chi connectivity index (χ4v) is 5.47. The Kier molecular flexibility index (Phi) is 9.27. The molecule has 1 aromatic heterocycles. The predicted molar refractivity (Wildman–Crippen MR) is 172 cm³/mol. The molecule has 1 aliphatic carbocycles. The van der Waals surface area contributed by atoms with Gasteiger partial charge in [-0.3, -0.25) is 0 Å². The molecule has 0 unspecified atom stereocenters. The molecule has 0 radical (unpaired) electrons. The minimum absolute atomic E-state index is 0.177. The van der Waals surface area contributed by atoms with Crippen molar-refractivity contribution in [2.75, 3.05) is 31.1 Å². The van der Waals surface area contributed by atoms with Gasteiger partial charge in [-0.15, -0.1) is 0 Å². The maximum Gasteiger partial charge on any atom is 0.203 e. The first-order valence-corrected chi connectivity index (χ1v) is 14.8. The Labute approximate surface area is 252 Å². The van der Waals surface area contributed by atoms with E-state index >= 15 is 0 Å². The third kappa shape index (κ3) is 6.20. The van der Waals surface area contributed by atoms with E-state index in [1.165, 1.54) is 6.21 Å². The van der Waals surface area contributed by atoms with Gasteiger partial charge in [0, 0.05) is 53.3 Å². The Balaban J connectivity index is 1.71. The molecule has 0 atom stereocenters. The molecular formula is C35H37N5O3. The Morgan fingerprint density at radius 1 is 0.930 bits per heavy atom. The largest absolute Gasteiger partial charge is 0.857 e. The second kappa shape index (κ2) is 13.4. The first-order chi connectivity index (χ1) is 21.0. The summed E-state index contributed by atoms with van der Waals surface area (Å²) in [6, 6.07) is 25.2. The molecule has 5 rings (SSSR count). The van der Waals surface area contributed by atoms with Crippen molar-refractivity contribution in [2.45, 2.75) is 34.3 Å². The molecule has 220 valence electrons. The van der Waals surface area contributed by atoms with E-state index in [-0.39, 0.29) is 6.61 Å². The number of hydrogen-bond acceptors (Lipinski definition) is 7. The van der Waals surface area contributed by atoms with Gasteiger partial charge in [-0.25, -0.2) is 9.56 Å². The summed E-state index contributed by atoms with van der Waals surface area (Å²) in [5.74, 6) is 0.280. The van der Waals surface area contributed by atoms with Crippen LogP contribution in [0.2, 0.25) is 0 Å². The normalized spacial score (nSPS) is 12.0. The molecule has 1 aliphatic heterocycles. The van der Waals surface area contributed by atoms with Crippen LogP contribution in [0.25, 0.3) is 33.4 Å². The van der Waals surface area contributed by atoms with Gasteiger partial charge in [0.25, 0.3) is 0 Å². The standard InChI is InChI=1S/C35H37N5O3/c1-5-39(6-2)26-16-18-30-32(20-26)43-33-21-27(40(7-3)8-4)17-19-31(33)34(30)28-14-9-10-15-29(28)35(42)38-36-22-24-12-11-13-25(23-41)37-24/h9-22,41H,5-8,23H2,1-4H3. The Morgan fingerprint density at radius 2 is 1.72 bits per heavy atom. The summed E-state index contributed by atoms with van der Waals surface area (Å²) in [5, 5.41) is 32.9. The molecule has 1 N–H and O–H groups in total. The monoisotopic (exact) mass is 575 g/mol. The molecule has 2 aromatic carbocycles. The number of fused-ring (bicyclic) bond motifs is 2. The van der Waals surface area contributed by atoms with E-state index in [2.05, 4.69) is 88.8 Å². The lowest BCUT2D eigenvalue weighted by Crippen LogP contribution is -2.29. The number of pyridine rings is 1. The number of benzene rings is 3. The highest BCUT2D eigenvalue weighted by molar-refractivity contribution is 6.08. The molecule has 0 amide bonds. The summed E-state index contributed by atoms with van der Waals surface area (Å²) in [6.45, 7) is 11.9. The lowest BCUT2D eigenvalue weighted by molar-refractivity contribution is -0.213. The fraction of sp³-hybridized carbons (Fsp3) is 0.257. The predicted octanol–water partition coefficient (Wildman–Crippen LogP) is 4.89. The third-order valence-electron chi connectivity index (χ3n) is 7.70. The summed E-state index contributed by atoms with van der Waals surface area (Å²) >= 11 is 0. The molecule has 2 aliphatic rings. The molecule has 0 spiro atoms. The van der Waals surface area contributed by atoms with Gasteiger partial charge in [-0.05, 0) is 69.2 Å². The minimum Gasteiger partial charge on any atom is -0.857 e. The summed E-state index contributed by atoms with van der Waals surface area (Å²) in [6.07, 6.45) is 1.41. The van der Waals surface area contributed by atoms with E-state index < -0.39 is 5.90 Å². The fourth-order valence-electron chi connectivity index (χ4n) is 5.47. The number of hydrogen-bond donors (Lipinski definition) is 1. The van der Waals surface area contributed by atoms with E-state index in [0.717, 1.165) is 70.6 Å². The smallest absolute Gasteiger partial charge is 0.203 e. The lowest BCUT2D eigenvalue weighted by atomic mass is 9.90. The molecule has 8 nitrogen and oxygen atoms in total. The number of nitrogens with zero attached hydrogens (tertiary/aromatic N) is 5. The molecule has 8 heteroatoms. The van der Waals surface area contributed by atoms with E-state index in [4.69, 9.17) is 4.42 Å². The van der Waals surface area contributed by atoms with Gasteiger partial charge in [0.1, 0.15) is 24.4 Å². The van der Waals surface area contributed by atoms with Crippen LogP contribution in [-0.2, 0) is 6.61 Å². The van der Waals surface area contributed by atoms with Gasteiger partial charge in [0.15, 0.2) is 0 Å². The van der Waals surface area contributed by atoms with Gasteiger partial charge in [-0.2, -0.15) is 10.2 Å². The first-order valence-electron chi connectivity index (χ1n) is 14.8. The Morgan fingerprint density at radius 3 is 2.47 bits per heavy atom. The quantitative estimate of drug-likeness (QED) is 0.0840. The Bertz CT molecular complexity index is 1830. The SMILES string of the molecule is CCN(CC)c1ccc2c(-c3ccccc3/C([O-])=N/N=C\c3cccc(CO)n3)c3ccc(=[N+](CC)CC)cc-3oc2c1. The molecule has 2 heterocycles. The average Bonchev–Trinajstić information content (AvgIpc) is 3.04. The first kappa shape index (κ1) is 29.7. The van der Waals surface area contributed by atoms with Crippen LogP contribution in [-0.4, -0.2) is 48.4 Å². The average molecular weight is 576 g/mol. The minimum atomic E-state index is -0.466.